The number of aliphatic imine (C=N–C) groups is 1. The minimum atomic E-state index is -3.20. The molecule has 128 valence electrons. The maximum absolute atomic E-state index is 11.4. The van der Waals surface area contributed by atoms with Crippen LogP contribution in [0.4, 0.5) is 5.69 Å². The first kappa shape index (κ1) is 17.6. The van der Waals surface area contributed by atoms with Crippen molar-refractivity contribution < 1.29 is 13.2 Å². The van der Waals surface area contributed by atoms with Crippen molar-refractivity contribution in [2.24, 2.45) is 16.6 Å². The lowest BCUT2D eigenvalue weighted by atomic mass is 10.1. The molecule has 1 aliphatic carbocycles. The molecule has 1 aromatic carbocycles. The molecule has 0 bridgehead atoms. The zero-order chi connectivity index (χ0) is 16.9. The number of nitrogens with one attached hydrogen (secondary N) is 2. The highest BCUT2D eigenvalue weighted by molar-refractivity contribution is 7.88. The normalized spacial score (nSPS) is 22.1. The van der Waals surface area contributed by atoms with Crippen molar-refractivity contribution in [1.29, 1.82) is 0 Å². The summed E-state index contributed by atoms with van der Waals surface area (Å²) in [6, 6.07) is 7.37. The largest absolute Gasteiger partial charge is 0.495 e. The van der Waals surface area contributed by atoms with Crippen molar-refractivity contribution >= 4 is 21.7 Å². The molecule has 1 fully saturated rings. The smallest absolute Gasteiger partial charge is 0.208 e. The van der Waals surface area contributed by atoms with Gasteiger partial charge in [-0.15, -0.1) is 0 Å². The van der Waals surface area contributed by atoms with E-state index in [1.807, 2.05) is 24.3 Å². The molecular formula is C15H24N4O3S. The van der Waals surface area contributed by atoms with E-state index in [0.29, 0.717) is 18.3 Å². The molecule has 1 aliphatic rings. The van der Waals surface area contributed by atoms with Crippen molar-refractivity contribution in [2.45, 2.75) is 25.3 Å². The fourth-order valence-corrected chi connectivity index (χ4v) is 3.69. The molecule has 23 heavy (non-hydrogen) atoms. The average Bonchev–Trinajstić information content (AvgIpc) is 2.91. The molecule has 0 spiro atoms. The Kier molecular flexibility index (Phi) is 5.84. The number of ether oxygens (including phenoxy) is 1. The number of methoxy groups -OCH3 is 1. The van der Waals surface area contributed by atoms with Gasteiger partial charge in [-0.25, -0.2) is 13.1 Å². The van der Waals surface area contributed by atoms with Crippen LogP contribution in [0.2, 0.25) is 0 Å². The zero-order valence-corrected chi connectivity index (χ0v) is 14.3. The molecule has 0 heterocycles. The molecule has 1 saturated carbocycles. The fourth-order valence-electron chi connectivity index (χ4n) is 2.83. The van der Waals surface area contributed by atoms with Gasteiger partial charge in [0.05, 0.1) is 19.1 Å². The van der Waals surface area contributed by atoms with Gasteiger partial charge in [0.1, 0.15) is 5.75 Å². The van der Waals surface area contributed by atoms with Crippen LogP contribution in [-0.4, -0.2) is 40.3 Å². The molecule has 0 amide bonds. The Balaban J connectivity index is 1.96. The summed E-state index contributed by atoms with van der Waals surface area (Å²) >= 11 is 0. The van der Waals surface area contributed by atoms with Crippen LogP contribution in [0.3, 0.4) is 0 Å². The zero-order valence-electron chi connectivity index (χ0n) is 13.5. The van der Waals surface area contributed by atoms with Gasteiger partial charge >= 0.3 is 0 Å². The van der Waals surface area contributed by atoms with Crippen LogP contribution >= 0.6 is 0 Å². The molecule has 0 aliphatic heterocycles. The van der Waals surface area contributed by atoms with Crippen molar-refractivity contribution in [3.05, 3.63) is 24.3 Å². The molecule has 4 N–H and O–H groups in total. The number of rotatable bonds is 6. The van der Waals surface area contributed by atoms with Gasteiger partial charge in [-0.2, -0.15) is 0 Å². The van der Waals surface area contributed by atoms with Gasteiger partial charge < -0.3 is 15.8 Å². The highest BCUT2D eigenvalue weighted by Crippen LogP contribution is 2.27. The molecule has 7 nitrogen and oxygen atoms in total. The molecule has 2 atom stereocenters. The maximum Gasteiger partial charge on any atom is 0.208 e. The predicted octanol–water partition coefficient (Wildman–Crippen LogP) is 1.14. The number of hydrogen-bond acceptors (Lipinski definition) is 4. The molecule has 1 aromatic rings. The standard InChI is InChI=1S/C15H24N4O3S/c1-22-14-9-4-3-7-13(14)18-15(16)17-10-11-6-5-8-12(11)19-23(2,20)21/h3-4,7,9,11-12,19H,5-6,8,10H2,1-2H3,(H3,16,17,18). The Morgan fingerprint density at radius 3 is 2.83 bits per heavy atom. The first-order valence-electron chi connectivity index (χ1n) is 7.56. The molecule has 2 unspecified atom stereocenters. The number of anilines is 1. The van der Waals surface area contributed by atoms with Crippen LogP contribution in [0.15, 0.2) is 29.3 Å². The molecule has 8 heteroatoms. The Hall–Kier alpha value is -1.80. The topological polar surface area (TPSA) is 106 Å². The number of guanidine groups is 1. The third-order valence-electron chi connectivity index (χ3n) is 3.89. The summed E-state index contributed by atoms with van der Waals surface area (Å²) in [5, 5.41) is 3.01. The monoisotopic (exact) mass is 340 g/mol. The molecule has 0 saturated heterocycles. The number of hydrogen-bond donors (Lipinski definition) is 3. The van der Waals surface area contributed by atoms with Crippen LogP contribution in [-0.2, 0) is 10.0 Å². The van der Waals surface area contributed by atoms with Gasteiger partial charge in [-0.1, -0.05) is 18.6 Å². The summed E-state index contributed by atoms with van der Waals surface area (Å²) in [5.74, 6) is 1.14. The van der Waals surface area contributed by atoms with E-state index in [1.165, 1.54) is 6.26 Å². The van der Waals surface area contributed by atoms with Crippen molar-refractivity contribution in [2.75, 3.05) is 25.2 Å². The number of nitrogens with two attached hydrogens (primary N) is 1. The van der Waals surface area contributed by atoms with E-state index in [1.54, 1.807) is 7.11 Å². The Bertz CT molecular complexity index is 660. The lowest BCUT2D eigenvalue weighted by molar-refractivity contribution is 0.417. The van der Waals surface area contributed by atoms with Crippen LogP contribution in [0, 0.1) is 5.92 Å². The predicted molar refractivity (Wildman–Crippen MR) is 92.2 cm³/mol. The van der Waals surface area contributed by atoms with E-state index >= 15 is 0 Å². The highest BCUT2D eigenvalue weighted by Gasteiger charge is 2.29. The second-order valence-corrected chi connectivity index (χ2v) is 7.52. The third-order valence-corrected chi connectivity index (χ3v) is 4.62. The van der Waals surface area contributed by atoms with Gasteiger partial charge in [-0.05, 0) is 30.9 Å². The quantitative estimate of drug-likeness (QED) is 0.532. The summed E-state index contributed by atoms with van der Waals surface area (Å²) in [6.07, 6.45) is 3.96. The number of nitrogens with zero attached hydrogens (tertiary/aromatic N) is 1. The molecule has 0 aromatic heterocycles. The van der Waals surface area contributed by atoms with E-state index in [-0.39, 0.29) is 12.0 Å². The van der Waals surface area contributed by atoms with E-state index in [2.05, 4.69) is 15.0 Å². The lowest BCUT2D eigenvalue weighted by Gasteiger charge is -2.18. The fraction of sp³-hybridized carbons (Fsp3) is 0.533. The number of para-hydroxylation sites is 2. The van der Waals surface area contributed by atoms with Crippen LogP contribution in [0.25, 0.3) is 0 Å². The van der Waals surface area contributed by atoms with E-state index in [0.717, 1.165) is 24.9 Å². The third kappa shape index (κ3) is 5.40. The summed E-state index contributed by atoms with van der Waals surface area (Å²) in [7, 11) is -1.61. The SMILES string of the molecule is COc1ccccc1NC(N)=NCC1CCCC1NS(C)(=O)=O. The maximum atomic E-state index is 11.4. The molecule has 2 rings (SSSR count). The van der Waals surface area contributed by atoms with Gasteiger partial charge in [0.25, 0.3) is 0 Å². The minimum Gasteiger partial charge on any atom is -0.495 e. The summed E-state index contributed by atoms with van der Waals surface area (Å²) in [5.41, 5.74) is 6.67. The Morgan fingerprint density at radius 2 is 2.13 bits per heavy atom. The first-order valence-corrected chi connectivity index (χ1v) is 9.45. The summed E-state index contributed by atoms with van der Waals surface area (Å²) < 4.78 is 30.7. The Labute approximate surface area is 137 Å². The minimum absolute atomic E-state index is 0.0622. The van der Waals surface area contributed by atoms with Crippen LogP contribution < -0.4 is 20.5 Å². The summed E-state index contributed by atoms with van der Waals surface area (Å²) in [4.78, 5) is 4.35. The van der Waals surface area contributed by atoms with Crippen molar-refractivity contribution in [3.63, 3.8) is 0 Å². The molecule has 0 radical (unpaired) electrons. The van der Waals surface area contributed by atoms with Crippen molar-refractivity contribution in [1.82, 2.24) is 4.72 Å². The number of sulfonamides is 1. The van der Waals surface area contributed by atoms with Gasteiger partial charge in [0.2, 0.25) is 10.0 Å². The lowest BCUT2D eigenvalue weighted by Crippen LogP contribution is -2.38. The average molecular weight is 340 g/mol. The van der Waals surface area contributed by atoms with E-state index in [4.69, 9.17) is 10.5 Å². The van der Waals surface area contributed by atoms with Gasteiger partial charge in [-0.3, -0.25) is 4.99 Å². The Morgan fingerprint density at radius 1 is 1.39 bits per heavy atom. The highest BCUT2D eigenvalue weighted by atomic mass is 32.2. The van der Waals surface area contributed by atoms with E-state index < -0.39 is 10.0 Å². The van der Waals surface area contributed by atoms with Gasteiger partial charge in [0.15, 0.2) is 5.96 Å². The van der Waals surface area contributed by atoms with E-state index in [9.17, 15) is 8.42 Å². The van der Waals surface area contributed by atoms with Crippen LogP contribution in [0.5, 0.6) is 5.75 Å². The first-order chi connectivity index (χ1) is 10.9. The summed E-state index contributed by atoms with van der Waals surface area (Å²) in [6.45, 7) is 0.487. The van der Waals surface area contributed by atoms with Gasteiger partial charge in [0, 0.05) is 12.6 Å². The van der Waals surface area contributed by atoms with Crippen LogP contribution in [0.1, 0.15) is 19.3 Å². The number of benzene rings is 1. The molecular weight excluding hydrogens is 316 g/mol. The van der Waals surface area contributed by atoms with Crippen molar-refractivity contribution in [3.8, 4) is 5.75 Å². The second-order valence-electron chi connectivity index (χ2n) is 5.74. The second kappa shape index (κ2) is 7.65.